The van der Waals surface area contributed by atoms with Gasteiger partial charge in [0.15, 0.2) is 0 Å². The minimum atomic E-state index is 0.378. The first-order chi connectivity index (χ1) is 10.1. The van der Waals surface area contributed by atoms with Crippen LogP contribution in [0.15, 0.2) is 18.7 Å². The molecule has 21 heavy (non-hydrogen) atoms. The summed E-state index contributed by atoms with van der Waals surface area (Å²) < 4.78 is 1.88. The molecule has 1 fully saturated rings. The van der Waals surface area contributed by atoms with E-state index in [1.54, 1.807) is 12.7 Å². The van der Waals surface area contributed by atoms with Crippen molar-refractivity contribution >= 4 is 11.8 Å². The molecule has 1 unspecified atom stereocenters. The van der Waals surface area contributed by atoms with Crippen molar-refractivity contribution in [3.63, 3.8) is 0 Å². The highest BCUT2D eigenvalue weighted by Crippen LogP contribution is 2.25. The fourth-order valence-electron chi connectivity index (χ4n) is 2.73. The SMILES string of the molecule is Cc1cc(N(C)C)nc(N2CCCC2Cn2cncn2)n1. The topological polar surface area (TPSA) is 63.0 Å². The van der Waals surface area contributed by atoms with Gasteiger partial charge in [0, 0.05) is 32.4 Å². The maximum absolute atomic E-state index is 4.69. The fourth-order valence-corrected chi connectivity index (χ4v) is 2.73. The Bertz CT molecular complexity index is 593. The molecule has 2 aromatic heterocycles. The molecule has 7 heteroatoms. The number of rotatable bonds is 4. The van der Waals surface area contributed by atoms with Crippen LogP contribution in [-0.4, -0.2) is 51.4 Å². The van der Waals surface area contributed by atoms with Crippen molar-refractivity contribution in [2.24, 2.45) is 0 Å². The predicted octanol–water partition coefficient (Wildman–Crippen LogP) is 1.11. The van der Waals surface area contributed by atoms with Gasteiger partial charge >= 0.3 is 0 Å². The Hall–Kier alpha value is -2.18. The van der Waals surface area contributed by atoms with Crippen molar-refractivity contribution in [2.45, 2.75) is 32.4 Å². The third-order valence-electron chi connectivity index (χ3n) is 3.79. The fraction of sp³-hybridized carbons (Fsp3) is 0.571. The standard InChI is InChI=1S/C14H21N7/c1-11-7-13(19(2)3)18-14(17-11)21-6-4-5-12(21)8-20-10-15-9-16-20/h7,9-10,12H,4-6,8H2,1-3H3. The Morgan fingerprint density at radius 1 is 1.33 bits per heavy atom. The molecule has 7 nitrogen and oxygen atoms in total. The smallest absolute Gasteiger partial charge is 0.227 e. The van der Waals surface area contributed by atoms with Crippen LogP contribution in [0.25, 0.3) is 0 Å². The molecule has 1 saturated heterocycles. The lowest BCUT2D eigenvalue weighted by Gasteiger charge is -2.25. The van der Waals surface area contributed by atoms with E-state index in [4.69, 9.17) is 4.98 Å². The van der Waals surface area contributed by atoms with Gasteiger partial charge in [-0.2, -0.15) is 10.1 Å². The maximum atomic E-state index is 4.69. The number of hydrogen-bond donors (Lipinski definition) is 0. The summed E-state index contributed by atoms with van der Waals surface area (Å²) in [5, 5.41) is 4.20. The number of aromatic nitrogens is 5. The summed E-state index contributed by atoms with van der Waals surface area (Å²) >= 11 is 0. The van der Waals surface area contributed by atoms with Crippen molar-refractivity contribution in [1.82, 2.24) is 24.7 Å². The summed E-state index contributed by atoms with van der Waals surface area (Å²) in [4.78, 5) is 17.6. The molecule has 0 radical (unpaired) electrons. The second-order valence-electron chi connectivity index (χ2n) is 5.67. The Kier molecular flexibility index (Phi) is 3.72. The maximum Gasteiger partial charge on any atom is 0.227 e. The van der Waals surface area contributed by atoms with Crippen molar-refractivity contribution in [2.75, 3.05) is 30.4 Å². The molecule has 1 aliphatic rings. The van der Waals surface area contributed by atoms with Gasteiger partial charge < -0.3 is 9.80 Å². The van der Waals surface area contributed by atoms with Crippen molar-refractivity contribution in [3.05, 3.63) is 24.4 Å². The van der Waals surface area contributed by atoms with Crippen LogP contribution < -0.4 is 9.80 Å². The summed E-state index contributed by atoms with van der Waals surface area (Å²) in [6.45, 7) is 3.84. The summed E-state index contributed by atoms with van der Waals surface area (Å²) in [6.07, 6.45) is 5.63. The van der Waals surface area contributed by atoms with E-state index in [0.29, 0.717) is 6.04 Å². The molecule has 0 bridgehead atoms. The van der Waals surface area contributed by atoms with Gasteiger partial charge in [-0.25, -0.2) is 9.97 Å². The predicted molar refractivity (Wildman–Crippen MR) is 81.5 cm³/mol. The van der Waals surface area contributed by atoms with E-state index in [-0.39, 0.29) is 0 Å². The van der Waals surface area contributed by atoms with Gasteiger partial charge in [-0.05, 0) is 19.8 Å². The first-order valence-corrected chi connectivity index (χ1v) is 7.25. The molecule has 0 amide bonds. The molecule has 2 aromatic rings. The van der Waals surface area contributed by atoms with Crippen LogP contribution in [-0.2, 0) is 6.54 Å². The largest absolute Gasteiger partial charge is 0.363 e. The molecular formula is C14H21N7. The van der Waals surface area contributed by atoms with Gasteiger partial charge in [0.25, 0.3) is 0 Å². The van der Waals surface area contributed by atoms with E-state index < -0.39 is 0 Å². The molecular weight excluding hydrogens is 266 g/mol. The van der Waals surface area contributed by atoms with Gasteiger partial charge in [0.05, 0.1) is 12.6 Å². The monoisotopic (exact) mass is 287 g/mol. The minimum absolute atomic E-state index is 0.378. The van der Waals surface area contributed by atoms with Crippen molar-refractivity contribution < 1.29 is 0 Å². The van der Waals surface area contributed by atoms with Crippen LogP contribution in [0.2, 0.25) is 0 Å². The number of aryl methyl sites for hydroxylation is 1. The van der Waals surface area contributed by atoms with Gasteiger partial charge in [0.2, 0.25) is 5.95 Å². The van der Waals surface area contributed by atoms with Crippen LogP contribution in [0.4, 0.5) is 11.8 Å². The normalized spacial score (nSPS) is 18.2. The quantitative estimate of drug-likeness (QED) is 0.839. The Labute approximate surface area is 124 Å². The lowest BCUT2D eigenvalue weighted by atomic mass is 10.2. The highest BCUT2D eigenvalue weighted by atomic mass is 15.4. The minimum Gasteiger partial charge on any atom is -0.363 e. The van der Waals surface area contributed by atoms with Crippen LogP contribution in [0.1, 0.15) is 18.5 Å². The van der Waals surface area contributed by atoms with Crippen molar-refractivity contribution in [3.8, 4) is 0 Å². The zero-order valence-electron chi connectivity index (χ0n) is 12.8. The lowest BCUT2D eigenvalue weighted by molar-refractivity contribution is 0.504. The van der Waals surface area contributed by atoms with Crippen LogP contribution >= 0.6 is 0 Å². The Morgan fingerprint density at radius 2 is 2.19 bits per heavy atom. The third-order valence-corrected chi connectivity index (χ3v) is 3.79. The molecule has 0 saturated carbocycles. The number of hydrogen-bond acceptors (Lipinski definition) is 6. The highest BCUT2D eigenvalue weighted by Gasteiger charge is 2.27. The molecule has 3 rings (SSSR count). The second kappa shape index (κ2) is 5.67. The molecule has 0 spiro atoms. The van der Waals surface area contributed by atoms with Crippen molar-refractivity contribution in [1.29, 1.82) is 0 Å². The zero-order chi connectivity index (χ0) is 14.8. The molecule has 1 atom stereocenters. The average Bonchev–Trinajstić information content (AvgIpc) is 3.10. The lowest BCUT2D eigenvalue weighted by Crippen LogP contribution is -2.34. The third kappa shape index (κ3) is 2.96. The first kappa shape index (κ1) is 13.8. The van der Waals surface area contributed by atoms with E-state index >= 15 is 0 Å². The number of anilines is 2. The van der Waals surface area contributed by atoms with E-state index in [2.05, 4.69) is 20.0 Å². The second-order valence-corrected chi connectivity index (χ2v) is 5.67. The molecule has 1 aliphatic heterocycles. The van der Waals surface area contributed by atoms with E-state index in [0.717, 1.165) is 43.4 Å². The Balaban J connectivity index is 1.84. The van der Waals surface area contributed by atoms with Gasteiger partial charge in [-0.1, -0.05) is 0 Å². The number of nitrogens with zero attached hydrogens (tertiary/aromatic N) is 7. The summed E-state index contributed by atoms with van der Waals surface area (Å²) in [5.74, 6) is 1.77. The highest BCUT2D eigenvalue weighted by molar-refractivity contribution is 5.45. The van der Waals surface area contributed by atoms with Gasteiger partial charge in [-0.15, -0.1) is 0 Å². The van der Waals surface area contributed by atoms with E-state index in [1.165, 1.54) is 0 Å². The van der Waals surface area contributed by atoms with Crippen LogP contribution in [0.3, 0.4) is 0 Å². The average molecular weight is 287 g/mol. The Morgan fingerprint density at radius 3 is 2.90 bits per heavy atom. The van der Waals surface area contributed by atoms with E-state index in [1.807, 2.05) is 36.7 Å². The first-order valence-electron chi connectivity index (χ1n) is 7.25. The van der Waals surface area contributed by atoms with Gasteiger partial charge in [-0.3, -0.25) is 4.68 Å². The summed E-state index contributed by atoms with van der Waals surface area (Å²) in [5.41, 5.74) is 0.995. The molecule has 0 N–H and O–H groups in total. The molecule has 0 aliphatic carbocycles. The summed E-state index contributed by atoms with van der Waals surface area (Å²) in [6, 6.07) is 2.38. The molecule has 3 heterocycles. The molecule has 0 aromatic carbocycles. The van der Waals surface area contributed by atoms with Gasteiger partial charge in [0.1, 0.15) is 18.5 Å². The van der Waals surface area contributed by atoms with E-state index in [9.17, 15) is 0 Å². The zero-order valence-corrected chi connectivity index (χ0v) is 12.8. The van der Waals surface area contributed by atoms with Crippen LogP contribution in [0, 0.1) is 6.92 Å². The molecule has 112 valence electrons. The summed E-state index contributed by atoms with van der Waals surface area (Å²) in [7, 11) is 4.00. The van der Waals surface area contributed by atoms with Crippen LogP contribution in [0.5, 0.6) is 0 Å².